The largest absolute Gasteiger partial charge is 0.321 e. The Morgan fingerprint density at radius 2 is 0.729 bits per heavy atom. The van der Waals surface area contributed by atoms with E-state index in [-0.39, 0.29) is 0 Å². The van der Waals surface area contributed by atoms with Crippen molar-refractivity contribution >= 4 is 57.6 Å². The molecule has 0 radical (unpaired) electrons. The van der Waals surface area contributed by atoms with Crippen molar-refractivity contribution in [3.05, 3.63) is 146 Å². The van der Waals surface area contributed by atoms with E-state index >= 15 is 4.21 Å². The molecule has 48 heavy (non-hydrogen) atoms. The van der Waals surface area contributed by atoms with Gasteiger partial charge in [0.05, 0.1) is 4.90 Å². The van der Waals surface area contributed by atoms with Crippen molar-refractivity contribution in [3.8, 4) is 0 Å². The third-order valence-corrected chi connectivity index (χ3v) is 29.1. The standard InChI is InChI=1S/C42H49ClO2SSi2/c1-26-18-30(5)39(31(6)19-26)47(43,40-32(7)20-27(2)21-33(40)8)48(41-34(9)22-28(3)23-35(41)10,42-36(11)24-29(4)25-37(42)12)45-46(44)38-16-14-13-15-17-38/h13-25H,1-12H3. The Balaban J connectivity index is 2.18. The van der Waals surface area contributed by atoms with Crippen LogP contribution in [0, 0.1) is 83.1 Å². The van der Waals surface area contributed by atoms with Gasteiger partial charge in [0.1, 0.15) is 0 Å². The van der Waals surface area contributed by atoms with Gasteiger partial charge in [0.2, 0.25) is 6.90 Å². The number of hydrogen-bond donors (Lipinski definition) is 0. The summed E-state index contributed by atoms with van der Waals surface area (Å²) in [5, 5.41) is 4.60. The summed E-state index contributed by atoms with van der Waals surface area (Å²) >= 11 is 7.23. The first-order chi connectivity index (χ1) is 22.5. The molecule has 0 aromatic heterocycles. The Kier molecular flexibility index (Phi) is 10.3. The third kappa shape index (κ3) is 6.13. The molecular formula is C42H49ClO2SSi2. The van der Waals surface area contributed by atoms with Crippen molar-refractivity contribution in [2.45, 2.75) is 88.0 Å². The zero-order valence-corrected chi connectivity index (χ0v) is 34.2. The average Bonchev–Trinajstić information content (AvgIpc) is 2.95. The summed E-state index contributed by atoms with van der Waals surface area (Å²) < 4.78 is 22.7. The Morgan fingerprint density at radius 1 is 0.458 bits per heavy atom. The maximum atomic E-state index is 15.0. The second kappa shape index (κ2) is 13.7. The molecule has 0 aliphatic carbocycles. The molecule has 2 nitrogen and oxygen atoms in total. The van der Waals surface area contributed by atoms with Gasteiger partial charge in [-0.3, -0.25) is 0 Å². The van der Waals surface area contributed by atoms with Gasteiger partial charge in [0.15, 0.2) is 11.1 Å². The van der Waals surface area contributed by atoms with Crippen LogP contribution in [0.25, 0.3) is 0 Å². The van der Waals surface area contributed by atoms with Crippen LogP contribution in [0.2, 0.25) is 0 Å². The lowest BCUT2D eigenvalue weighted by Crippen LogP contribution is -2.87. The van der Waals surface area contributed by atoms with Crippen molar-refractivity contribution < 1.29 is 8.08 Å². The fraction of sp³-hybridized carbons (Fsp3) is 0.286. The van der Waals surface area contributed by atoms with Crippen LogP contribution in [0.3, 0.4) is 0 Å². The molecule has 0 N–H and O–H groups in total. The fourth-order valence-electron chi connectivity index (χ4n) is 8.70. The Labute approximate surface area is 297 Å². The Hall–Kier alpha value is -3.07. The molecule has 1 unspecified atom stereocenters. The fourth-order valence-corrected chi connectivity index (χ4v) is 33.3. The topological polar surface area (TPSA) is 26.3 Å². The molecule has 0 amide bonds. The molecule has 0 aliphatic heterocycles. The summed E-state index contributed by atoms with van der Waals surface area (Å²) in [4.78, 5) is 0.641. The molecule has 1 atom stereocenters. The molecule has 0 heterocycles. The molecule has 0 bridgehead atoms. The second-order valence-electron chi connectivity index (χ2n) is 14.1. The molecule has 0 fully saturated rings. The summed E-state index contributed by atoms with van der Waals surface area (Å²) in [5.74, 6) is 0. The van der Waals surface area contributed by atoms with Gasteiger partial charge in [-0.1, -0.05) is 89.0 Å². The SMILES string of the molecule is Cc1cc(C)c([Si](Cl)(c2c(C)cc(C)cc2C)[Si](OS(=O)c2ccccc2)(c2c(C)cc(C)cc2C)c2c(C)cc(C)cc2C)c(C)c1. The van der Waals surface area contributed by atoms with Gasteiger partial charge in [0, 0.05) is 0 Å². The molecule has 250 valence electrons. The van der Waals surface area contributed by atoms with Crippen LogP contribution >= 0.6 is 11.1 Å². The highest BCUT2D eigenvalue weighted by atomic mass is 35.6. The minimum absolute atomic E-state index is 0.641. The van der Waals surface area contributed by atoms with E-state index in [9.17, 15) is 0 Å². The van der Waals surface area contributed by atoms with E-state index in [1.807, 2.05) is 30.3 Å². The minimum Gasteiger partial charge on any atom is -0.321 e. The highest BCUT2D eigenvalue weighted by Gasteiger charge is 2.66. The van der Waals surface area contributed by atoms with Gasteiger partial charge in [-0.2, -0.15) is 11.1 Å². The third-order valence-electron chi connectivity index (χ3n) is 9.72. The molecule has 0 saturated carbocycles. The van der Waals surface area contributed by atoms with Crippen molar-refractivity contribution in [2.24, 2.45) is 0 Å². The summed E-state index contributed by atoms with van der Waals surface area (Å²) in [5.41, 5.74) is 13.9. The van der Waals surface area contributed by atoms with Crippen molar-refractivity contribution in [3.63, 3.8) is 0 Å². The van der Waals surface area contributed by atoms with Gasteiger partial charge in [-0.05, 0) is 160 Å². The molecule has 5 aromatic rings. The molecular weight excluding hydrogens is 660 g/mol. The highest BCUT2D eigenvalue weighted by Crippen LogP contribution is 2.35. The number of halogens is 1. The van der Waals surface area contributed by atoms with Crippen molar-refractivity contribution in [2.75, 3.05) is 0 Å². The van der Waals surface area contributed by atoms with Crippen LogP contribution in [0.1, 0.15) is 66.8 Å². The summed E-state index contributed by atoms with van der Waals surface area (Å²) in [7, 11) is -3.81. The van der Waals surface area contributed by atoms with Gasteiger partial charge < -0.3 is 3.87 Å². The average molecular weight is 710 g/mol. The summed E-state index contributed by atoms with van der Waals surface area (Å²) in [6.07, 6.45) is 0. The van der Waals surface area contributed by atoms with E-state index in [4.69, 9.17) is 15.0 Å². The van der Waals surface area contributed by atoms with Crippen molar-refractivity contribution in [1.29, 1.82) is 0 Å². The number of hydrogen-bond acceptors (Lipinski definition) is 2. The van der Waals surface area contributed by atoms with Crippen LogP contribution in [-0.4, -0.2) is 18.9 Å². The van der Waals surface area contributed by atoms with Crippen LogP contribution < -0.4 is 20.7 Å². The van der Waals surface area contributed by atoms with Gasteiger partial charge >= 0.3 is 0 Å². The smallest absolute Gasteiger partial charge is 0.290 e. The van der Waals surface area contributed by atoms with Gasteiger partial charge in [-0.15, -0.1) is 0 Å². The Bertz CT molecular complexity index is 1860. The minimum atomic E-state index is -3.81. The van der Waals surface area contributed by atoms with E-state index in [2.05, 4.69) is 132 Å². The zero-order chi connectivity index (χ0) is 35.3. The predicted molar refractivity (Wildman–Crippen MR) is 212 cm³/mol. The predicted octanol–water partition coefficient (Wildman–Crippen LogP) is 8.26. The Morgan fingerprint density at radius 3 is 1.02 bits per heavy atom. The first kappa shape index (κ1) is 36.2. The lowest BCUT2D eigenvalue weighted by Gasteiger charge is -2.48. The second-order valence-corrected chi connectivity index (χ2v) is 27.4. The maximum Gasteiger partial charge on any atom is 0.290 e. The normalized spacial score (nSPS) is 12.8. The zero-order valence-electron chi connectivity index (χ0n) is 30.6. The monoisotopic (exact) mass is 708 g/mol. The van der Waals surface area contributed by atoms with Crippen molar-refractivity contribution in [1.82, 2.24) is 0 Å². The molecule has 0 aliphatic rings. The molecule has 5 aromatic carbocycles. The lowest BCUT2D eigenvalue weighted by molar-refractivity contribution is 0.577. The van der Waals surface area contributed by atoms with Crippen LogP contribution in [0.4, 0.5) is 0 Å². The van der Waals surface area contributed by atoms with Crippen LogP contribution in [0.15, 0.2) is 83.8 Å². The molecule has 0 spiro atoms. The number of rotatable bonds is 8. The number of benzene rings is 5. The van der Waals surface area contributed by atoms with Gasteiger partial charge in [0.25, 0.3) is 7.83 Å². The quantitative estimate of drug-likeness (QED) is 0.120. The highest BCUT2D eigenvalue weighted by molar-refractivity contribution is 7.85. The van der Waals surface area contributed by atoms with E-state index < -0.39 is 25.8 Å². The van der Waals surface area contributed by atoms with E-state index in [1.54, 1.807) is 0 Å². The first-order valence-corrected chi connectivity index (χ1v) is 23.7. The van der Waals surface area contributed by atoms with Crippen LogP contribution in [-0.2, 0) is 15.0 Å². The maximum absolute atomic E-state index is 15.0. The lowest BCUT2D eigenvalue weighted by atomic mass is 10.1. The van der Waals surface area contributed by atoms with Gasteiger partial charge in [-0.25, -0.2) is 4.21 Å². The molecule has 5 rings (SSSR count). The van der Waals surface area contributed by atoms with Crippen LogP contribution in [0.5, 0.6) is 0 Å². The van der Waals surface area contributed by atoms with E-state index in [0.717, 1.165) is 54.9 Å². The number of aryl methyl sites for hydroxylation is 12. The molecule has 6 heteroatoms. The first-order valence-electron chi connectivity index (χ1n) is 16.7. The van der Waals surface area contributed by atoms with E-state index in [0.29, 0.717) is 4.90 Å². The molecule has 0 saturated heterocycles. The summed E-state index contributed by atoms with van der Waals surface area (Å²) in [6.45, 7) is 22.5. The van der Waals surface area contributed by atoms with E-state index in [1.165, 1.54) is 32.6 Å². The summed E-state index contributed by atoms with van der Waals surface area (Å²) in [6, 6.07) is 27.7.